The number of likely N-dealkylation sites (tertiary alicyclic amines) is 1. The highest BCUT2D eigenvalue weighted by atomic mass is 32.1. The first-order valence-corrected chi connectivity index (χ1v) is 12.3. The quantitative estimate of drug-likeness (QED) is 0.380. The van der Waals surface area contributed by atoms with Crippen LogP contribution in [-0.2, 0) is 7.05 Å². The van der Waals surface area contributed by atoms with E-state index in [1.165, 1.54) is 0 Å². The lowest BCUT2D eigenvalue weighted by Gasteiger charge is -2.32. The smallest absolute Gasteiger partial charge is 0.145 e. The minimum Gasteiger partial charge on any atom is -0.488 e. The minimum absolute atomic E-state index is 0.280. The third kappa shape index (κ3) is 4.42. The topological polar surface area (TPSA) is 81.0 Å². The van der Waals surface area contributed by atoms with Crippen molar-refractivity contribution in [1.29, 1.82) is 0 Å². The fourth-order valence-electron chi connectivity index (χ4n) is 4.61. The Bertz CT molecular complexity index is 1510. The SMILES string of the molecule is CN1C[C@@H](F)C[C@H](Oc2cc(-c3cnn(C)c3)cc3ncnc(Nc4ccc5ncsc5c4)c23)C1. The third-order valence-corrected chi connectivity index (χ3v) is 6.96. The second-order valence-corrected chi connectivity index (χ2v) is 9.83. The predicted octanol–water partition coefficient (Wildman–Crippen LogP) is 4.80. The van der Waals surface area contributed by atoms with Gasteiger partial charge in [-0.15, -0.1) is 11.3 Å². The van der Waals surface area contributed by atoms with Crippen molar-refractivity contribution >= 4 is 44.0 Å². The van der Waals surface area contributed by atoms with E-state index in [1.54, 1.807) is 22.3 Å². The Kier molecular flexibility index (Phi) is 5.54. The molecule has 178 valence electrons. The van der Waals surface area contributed by atoms with Crippen LogP contribution in [0.5, 0.6) is 5.75 Å². The van der Waals surface area contributed by atoms with Crippen LogP contribution in [-0.4, -0.2) is 62.0 Å². The van der Waals surface area contributed by atoms with Crippen LogP contribution in [0, 0.1) is 0 Å². The van der Waals surface area contributed by atoms with Crippen LogP contribution in [0.1, 0.15) is 6.42 Å². The largest absolute Gasteiger partial charge is 0.488 e. The second-order valence-electron chi connectivity index (χ2n) is 8.95. The predicted molar refractivity (Wildman–Crippen MR) is 136 cm³/mol. The molecule has 1 fully saturated rings. The molecular formula is C25H24FN7OS. The van der Waals surface area contributed by atoms with Crippen LogP contribution in [0.15, 0.2) is 54.6 Å². The van der Waals surface area contributed by atoms with E-state index in [2.05, 4.69) is 31.4 Å². The highest BCUT2D eigenvalue weighted by molar-refractivity contribution is 7.16. The molecule has 6 rings (SSSR count). The van der Waals surface area contributed by atoms with Crippen molar-refractivity contribution in [1.82, 2.24) is 29.6 Å². The van der Waals surface area contributed by atoms with E-state index >= 15 is 0 Å². The molecule has 0 unspecified atom stereocenters. The number of hydrogen-bond acceptors (Lipinski definition) is 8. The number of nitrogens with one attached hydrogen (secondary N) is 1. The third-order valence-electron chi connectivity index (χ3n) is 6.17. The lowest BCUT2D eigenvalue weighted by atomic mass is 10.0. The Morgan fingerprint density at radius 3 is 2.80 bits per heavy atom. The molecule has 0 aliphatic carbocycles. The van der Waals surface area contributed by atoms with Gasteiger partial charge in [0.15, 0.2) is 0 Å². The van der Waals surface area contributed by atoms with Gasteiger partial charge in [0, 0.05) is 44.0 Å². The highest BCUT2D eigenvalue weighted by Crippen LogP contribution is 2.37. The van der Waals surface area contributed by atoms with E-state index < -0.39 is 6.17 Å². The molecule has 0 saturated carbocycles. The van der Waals surface area contributed by atoms with Gasteiger partial charge in [-0.3, -0.25) is 9.58 Å². The van der Waals surface area contributed by atoms with Crippen molar-refractivity contribution < 1.29 is 9.13 Å². The van der Waals surface area contributed by atoms with Gasteiger partial charge >= 0.3 is 0 Å². The van der Waals surface area contributed by atoms with Crippen molar-refractivity contribution in [3.8, 4) is 16.9 Å². The average Bonchev–Trinajstić information content (AvgIpc) is 3.47. The average molecular weight is 490 g/mol. The lowest BCUT2D eigenvalue weighted by Crippen LogP contribution is -2.44. The fourth-order valence-corrected chi connectivity index (χ4v) is 5.32. The molecular weight excluding hydrogens is 465 g/mol. The zero-order valence-corrected chi connectivity index (χ0v) is 20.2. The number of aromatic nitrogens is 5. The summed E-state index contributed by atoms with van der Waals surface area (Å²) in [5.41, 5.74) is 6.30. The van der Waals surface area contributed by atoms with Gasteiger partial charge in [-0.1, -0.05) is 0 Å². The number of benzene rings is 2. The van der Waals surface area contributed by atoms with E-state index in [0.717, 1.165) is 37.9 Å². The number of piperidine rings is 1. The summed E-state index contributed by atoms with van der Waals surface area (Å²) in [6.45, 7) is 1.07. The first-order chi connectivity index (χ1) is 17.0. The molecule has 0 spiro atoms. The number of ether oxygens (including phenoxy) is 1. The molecule has 0 radical (unpaired) electrons. The Morgan fingerprint density at radius 2 is 1.97 bits per heavy atom. The lowest BCUT2D eigenvalue weighted by molar-refractivity contribution is 0.0545. The molecule has 1 N–H and O–H groups in total. The molecule has 1 aliphatic heterocycles. The number of likely N-dealkylation sites (N-methyl/N-ethyl adjacent to an activating group) is 1. The normalized spacial score (nSPS) is 18.8. The van der Waals surface area contributed by atoms with Gasteiger partial charge in [-0.05, 0) is 42.9 Å². The van der Waals surface area contributed by atoms with Crippen LogP contribution < -0.4 is 10.1 Å². The first-order valence-electron chi connectivity index (χ1n) is 11.4. The number of thiazole rings is 1. The summed E-state index contributed by atoms with van der Waals surface area (Å²) >= 11 is 1.59. The maximum absolute atomic E-state index is 14.3. The second kappa shape index (κ2) is 8.86. The van der Waals surface area contributed by atoms with E-state index in [4.69, 9.17) is 4.74 Å². The van der Waals surface area contributed by atoms with Crippen LogP contribution in [0.3, 0.4) is 0 Å². The van der Waals surface area contributed by atoms with Crippen LogP contribution >= 0.6 is 11.3 Å². The van der Waals surface area contributed by atoms with Crippen molar-refractivity contribution in [2.45, 2.75) is 18.7 Å². The number of alkyl halides is 1. The van der Waals surface area contributed by atoms with Crippen LogP contribution in [0.25, 0.3) is 32.2 Å². The maximum Gasteiger partial charge on any atom is 0.145 e. The first kappa shape index (κ1) is 21.9. The van der Waals surface area contributed by atoms with E-state index in [9.17, 15) is 4.39 Å². The van der Waals surface area contributed by atoms with Crippen molar-refractivity contribution in [3.05, 3.63) is 54.6 Å². The molecule has 8 nitrogen and oxygen atoms in total. The molecule has 0 bridgehead atoms. The Balaban J connectivity index is 1.45. The van der Waals surface area contributed by atoms with Gasteiger partial charge in [0.05, 0.1) is 32.8 Å². The monoisotopic (exact) mass is 489 g/mol. The maximum atomic E-state index is 14.3. The number of halogens is 1. The van der Waals surface area contributed by atoms with Crippen molar-refractivity contribution in [2.24, 2.45) is 7.05 Å². The number of fused-ring (bicyclic) bond motifs is 2. The van der Waals surface area contributed by atoms with Crippen molar-refractivity contribution in [3.63, 3.8) is 0 Å². The molecule has 0 amide bonds. The Labute approximate surface area is 205 Å². The molecule has 10 heteroatoms. The molecule has 35 heavy (non-hydrogen) atoms. The summed E-state index contributed by atoms with van der Waals surface area (Å²) < 4.78 is 23.7. The molecule has 2 atom stereocenters. The van der Waals surface area contributed by atoms with E-state index in [-0.39, 0.29) is 6.10 Å². The molecule has 1 saturated heterocycles. The number of nitrogens with zero attached hydrogens (tertiary/aromatic N) is 6. The molecule has 4 heterocycles. The van der Waals surface area contributed by atoms with Gasteiger partial charge < -0.3 is 10.1 Å². The van der Waals surface area contributed by atoms with Gasteiger partial charge in [-0.25, -0.2) is 19.3 Å². The van der Waals surface area contributed by atoms with Gasteiger partial charge in [-0.2, -0.15) is 5.10 Å². The minimum atomic E-state index is -0.925. The van der Waals surface area contributed by atoms with E-state index in [1.807, 2.05) is 61.2 Å². The Hall–Kier alpha value is -3.63. The summed E-state index contributed by atoms with van der Waals surface area (Å²) in [7, 11) is 3.79. The molecule has 5 aromatic rings. The van der Waals surface area contributed by atoms with Crippen LogP contribution in [0.4, 0.5) is 15.9 Å². The summed E-state index contributed by atoms with van der Waals surface area (Å²) in [6.07, 6.45) is 4.44. The van der Waals surface area contributed by atoms with Crippen molar-refractivity contribution in [2.75, 3.05) is 25.5 Å². The number of hydrogen-bond donors (Lipinski definition) is 1. The zero-order chi connectivity index (χ0) is 23.9. The van der Waals surface area contributed by atoms with Gasteiger partial charge in [0.1, 0.15) is 30.2 Å². The molecule has 3 aromatic heterocycles. The number of rotatable bonds is 5. The van der Waals surface area contributed by atoms with E-state index in [0.29, 0.717) is 31.1 Å². The zero-order valence-electron chi connectivity index (χ0n) is 19.3. The summed E-state index contributed by atoms with van der Waals surface area (Å²) in [5, 5.41) is 8.49. The highest BCUT2D eigenvalue weighted by Gasteiger charge is 2.27. The van der Waals surface area contributed by atoms with Crippen LogP contribution in [0.2, 0.25) is 0 Å². The van der Waals surface area contributed by atoms with Gasteiger partial charge in [0.25, 0.3) is 0 Å². The number of anilines is 2. The Morgan fingerprint density at radius 1 is 1.06 bits per heavy atom. The fraction of sp³-hybridized carbons (Fsp3) is 0.280. The molecule has 1 aliphatic rings. The summed E-state index contributed by atoms with van der Waals surface area (Å²) in [4.78, 5) is 15.4. The summed E-state index contributed by atoms with van der Waals surface area (Å²) in [5.74, 6) is 1.25. The standard InChI is InChI=1S/C25H24FN7OS/c1-32-11-17(26)7-19(12-32)34-22-6-15(16-9-30-33(2)10-16)5-21-24(22)25(28-13-27-21)31-18-3-4-20-23(8-18)35-14-29-20/h3-6,8-10,13-14,17,19H,7,11-12H2,1-2H3,(H,27,28,31)/t17-,19-/m0/s1. The van der Waals surface area contributed by atoms with Gasteiger partial charge in [0.2, 0.25) is 0 Å². The summed E-state index contributed by atoms with van der Waals surface area (Å²) in [6, 6.07) is 9.99. The number of aryl methyl sites for hydroxylation is 1. The molecule has 2 aromatic carbocycles.